The molecule has 0 spiro atoms. The number of ether oxygens (including phenoxy) is 2. The van der Waals surface area contributed by atoms with Gasteiger partial charge in [-0.05, 0) is 71.6 Å². The van der Waals surface area contributed by atoms with Crippen molar-refractivity contribution in [1.29, 1.82) is 0 Å². The summed E-state index contributed by atoms with van der Waals surface area (Å²) >= 11 is 0. The zero-order chi connectivity index (χ0) is 26.9. The minimum atomic E-state index is -0.798. The number of para-hydroxylation sites is 1. The lowest BCUT2D eigenvalue weighted by Crippen LogP contribution is -1.99. The van der Waals surface area contributed by atoms with Crippen molar-refractivity contribution in [3.05, 3.63) is 131 Å². The molecule has 194 valence electrons. The van der Waals surface area contributed by atoms with Gasteiger partial charge in [-0.3, -0.25) is 0 Å². The first-order valence-corrected chi connectivity index (χ1v) is 12.4. The standard InChI is InChI=1S/C33H33NO4/c1-23-9-20-31(34-26-7-5-4-6-8-26)30(19-22-33(36)25-12-16-28(38-3)17-13-25)29(23)18-21-32(35)24-10-14-27(37-2)15-11-24/h4-22,32-36H,1-3H3/b21-18+,22-19+. The van der Waals surface area contributed by atoms with Crippen LogP contribution in [0.2, 0.25) is 0 Å². The number of benzene rings is 4. The normalized spacial score (nSPS) is 13.0. The maximum absolute atomic E-state index is 10.9. The minimum Gasteiger partial charge on any atom is -0.497 e. The number of hydrogen-bond acceptors (Lipinski definition) is 5. The Labute approximate surface area is 224 Å². The van der Waals surface area contributed by atoms with Crippen molar-refractivity contribution in [2.24, 2.45) is 0 Å². The molecule has 0 amide bonds. The molecule has 0 saturated heterocycles. The summed E-state index contributed by atoms with van der Waals surface area (Å²) in [7, 11) is 3.23. The third-order valence-corrected chi connectivity index (χ3v) is 6.36. The van der Waals surface area contributed by atoms with Crippen molar-refractivity contribution in [3.63, 3.8) is 0 Å². The van der Waals surface area contributed by atoms with E-state index in [0.29, 0.717) is 0 Å². The van der Waals surface area contributed by atoms with Gasteiger partial charge < -0.3 is 25.0 Å². The van der Waals surface area contributed by atoms with Crippen molar-refractivity contribution >= 4 is 23.5 Å². The van der Waals surface area contributed by atoms with E-state index < -0.39 is 12.2 Å². The molecule has 0 aliphatic rings. The molecule has 0 saturated carbocycles. The summed E-state index contributed by atoms with van der Waals surface area (Å²) in [6.07, 6.45) is 5.81. The monoisotopic (exact) mass is 507 g/mol. The number of aryl methyl sites for hydroxylation is 1. The fourth-order valence-corrected chi connectivity index (χ4v) is 4.13. The molecule has 4 aromatic rings. The van der Waals surface area contributed by atoms with Crippen LogP contribution < -0.4 is 14.8 Å². The zero-order valence-electron chi connectivity index (χ0n) is 21.8. The van der Waals surface area contributed by atoms with Gasteiger partial charge in [-0.25, -0.2) is 0 Å². The summed E-state index contributed by atoms with van der Waals surface area (Å²) in [4.78, 5) is 0. The average Bonchev–Trinajstić information content (AvgIpc) is 2.96. The van der Waals surface area contributed by atoms with Crippen molar-refractivity contribution in [1.82, 2.24) is 0 Å². The summed E-state index contributed by atoms with van der Waals surface area (Å²) in [5, 5.41) is 25.2. The Morgan fingerprint density at radius 3 is 1.63 bits per heavy atom. The fraction of sp³-hybridized carbons (Fsp3) is 0.152. The van der Waals surface area contributed by atoms with E-state index in [0.717, 1.165) is 50.7 Å². The first kappa shape index (κ1) is 26.7. The van der Waals surface area contributed by atoms with Gasteiger partial charge in [-0.15, -0.1) is 0 Å². The van der Waals surface area contributed by atoms with Gasteiger partial charge in [0.25, 0.3) is 0 Å². The van der Waals surface area contributed by atoms with Crippen LogP contribution in [0.1, 0.15) is 40.0 Å². The van der Waals surface area contributed by atoms with Gasteiger partial charge in [0.1, 0.15) is 11.5 Å². The number of nitrogens with one attached hydrogen (secondary N) is 1. The number of aliphatic hydroxyl groups is 2. The maximum atomic E-state index is 10.9. The molecule has 2 atom stereocenters. The lowest BCUT2D eigenvalue weighted by Gasteiger charge is -2.16. The van der Waals surface area contributed by atoms with Crippen LogP contribution in [0, 0.1) is 6.92 Å². The highest BCUT2D eigenvalue weighted by atomic mass is 16.5. The molecule has 0 radical (unpaired) electrons. The molecule has 5 nitrogen and oxygen atoms in total. The SMILES string of the molecule is COc1ccc(C(O)/C=C/c2c(C)ccc(Nc3ccccc3)c2/C=C/C(O)c2ccc(OC)cc2)cc1. The Hall–Kier alpha value is -4.32. The summed E-state index contributed by atoms with van der Waals surface area (Å²) in [5.74, 6) is 1.48. The quantitative estimate of drug-likeness (QED) is 0.211. The van der Waals surface area contributed by atoms with Crippen molar-refractivity contribution in [3.8, 4) is 11.5 Å². The first-order valence-electron chi connectivity index (χ1n) is 12.4. The molecule has 4 rings (SSSR count). The molecular weight excluding hydrogens is 474 g/mol. The Balaban J connectivity index is 1.69. The smallest absolute Gasteiger partial charge is 0.118 e. The van der Waals surface area contributed by atoms with Crippen LogP contribution in [0.25, 0.3) is 12.2 Å². The van der Waals surface area contributed by atoms with Crippen LogP contribution in [0.4, 0.5) is 11.4 Å². The van der Waals surface area contributed by atoms with E-state index in [9.17, 15) is 10.2 Å². The lowest BCUT2D eigenvalue weighted by atomic mass is 9.96. The van der Waals surface area contributed by atoms with E-state index in [2.05, 4.69) is 5.32 Å². The summed E-state index contributed by atoms with van der Waals surface area (Å²) < 4.78 is 10.4. The highest BCUT2D eigenvalue weighted by Gasteiger charge is 2.11. The van der Waals surface area contributed by atoms with Crippen molar-refractivity contribution in [2.75, 3.05) is 19.5 Å². The third kappa shape index (κ3) is 6.71. The molecule has 4 aromatic carbocycles. The predicted octanol–water partition coefficient (Wildman–Crippen LogP) is 7.25. The molecule has 0 aliphatic carbocycles. The highest BCUT2D eigenvalue weighted by molar-refractivity contribution is 5.80. The average molecular weight is 508 g/mol. The van der Waals surface area contributed by atoms with Gasteiger partial charge in [0.15, 0.2) is 0 Å². The number of methoxy groups -OCH3 is 2. The molecular formula is C33H33NO4. The molecule has 0 aromatic heterocycles. The topological polar surface area (TPSA) is 71.0 Å². The molecule has 0 bridgehead atoms. The number of hydrogen-bond donors (Lipinski definition) is 3. The van der Waals surface area contributed by atoms with Crippen LogP contribution >= 0.6 is 0 Å². The molecule has 0 heterocycles. The highest BCUT2D eigenvalue weighted by Crippen LogP contribution is 2.31. The lowest BCUT2D eigenvalue weighted by molar-refractivity contribution is 0.229. The Morgan fingerprint density at radius 2 is 1.13 bits per heavy atom. The van der Waals surface area contributed by atoms with Gasteiger partial charge in [-0.1, -0.05) is 72.8 Å². The molecule has 0 fully saturated rings. The minimum absolute atomic E-state index is 0.737. The third-order valence-electron chi connectivity index (χ3n) is 6.36. The Kier molecular flexibility index (Phi) is 8.98. The Morgan fingerprint density at radius 1 is 0.632 bits per heavy atom. The van der Waals surface area contributed by atoms with Crippen LogP contribution in [-0.2, 0) is 0 Å². The molecule has 0 aliphatic heterocycles. The van der Waals surface area contributed by atoms with Gasteiger partial charge in [0.2, 0.25) is 0 Å². The van der Waals surface area contributed by atoms with Crippen molar-refractivity contribution < 1.29 is 19.7 Å². The predicted molar refractivity (Wildman–Crippen MR) is 155 cm³/mol. The van der Waals surface area contributed by atoms with Gasteiger partial charge >= 0.3 is 0 Å². The molecule has 38 heavy (non-hydrogen) atoms. The van der Waals surface area contributed by atoms with E-state index in [1.165, 1.54) is 0 Å². The van der Waals surface area contributed by atoms with E-state index >= 15 is 0 Å². The van der Waals surface area contributed by atoms with E-state index in [1.807, 2.05) is 110 Å². The molecule has 3 N–H and O–H groups in total. The van der Waals surface area contributed by atoms with Crippen LogP contribution in [0.15, 0.2) is 103 Å². The molecule has 5 heteroatoms. The van der Waals surface area contributed by atoms with Gasteiger partial charge in [-0.2, -0.15) is 0 Å². The van der Waals surface area contributed by atoms with Gasteiger partial charge in [0.05, 0.1) is 26.4 Å². The fourth-order valence-electron chi connectivity index (χ4n) is 4.13. The number of aliphatic hydroxyl groups excluding tert-OH is 2. The van der Waals surface area contributed by atoms with Crippen molar-refractivity contribution in [2.45, 2.75) is 19.1 Å². The molecule has 2 unspecified atom stereocenters. The number of rotatable bonds is 10. The van der Waals surface area contributed by atoms with Crippen LogP contribution in [-0.4, -0.2) is 24.4 Å². The van der Waals surface area contributed by atoms with E-state index in [1.54, 1.807) is 26.4 Å². The Bertz CT molecular complexity index is 1380. The second kappa shape index (κ2) is 12.8. The second-order valence-electron chi connectivity index (χ2n) is 8.90. The zero-order valence-corrected chi connectivity index (χ0v) is 21.8. The summed E-state index contributed by atoms with van der Waals surface area (Å²) in [6, 6.07) is 28.7. The second-order valence-corrected chi connectivity index (χ2v) is 8.90. The van der Waals surface area contributed by atoms with Crippen LogP contribution in [0.5, 0.6) is 11.5 Å². The van der Waals surface area contributed by atoms with E-state index in [4.69, 9.17) is 9.47 Å². The number of anilines is 2. The van der Waals surface area contributed by atoms with E-state index in [-0.39, 0.29) is 0 Å². The first-order chi connectivity index (χ1) is 18.5. The maximum Gasteiger partial charge on any atom is 0.118 e. The van der Waals surface area contributed by atoms with Gasteiger partial charge in [0, 0.05) is 16.9 Å². The summed E-state index contributed by atoms with van der Waals surface area (Å²) in [6.45, 7) is 2.03. The van der Waals surface area contributed by atoms with Crippen LogP contribution in [0.3, 0.4) is 0 Å². The summed E-state index contributed by atoms with van der Waals surface area (Å²) in [5.41, 5.74) is 6.26. The largest absolute Gasteiger partial charge is 0.497 e.